The molecule has 0 aromatic heterocycles. The fourth-order valence-corrected chi connectivity index (χ4v) is 3.09. The van der Waals surface area contributed by atoms with Gasteiger partial charge in [-0.25, -0.2) is 0 Å². The van der Waals surface area contributed by atoms with E-state index in [0.717, 1.165) is 39.5 Å². The van der Waals surface area contributed by atoms with E-state index >= 15 is 0 Å². The minimum atomic E-state index is -0.192. The van der Waals surface area contributed by atoms with Gasteiger partial charge in [-0.05, 0) is 47.0 Å². The molecule has 154 valence electrons. The largest absolute Gasteiger partial charge is 0.497 e. The van der Waals surface area contributed by atoms with Crippen LogP contribution in [-0.4, -0.2) is 27.2 Å². The Kier molecular flexibility index (Phi) is 7.11. The van der Waals surface area contributed by atoms with Gasteiger partial charge in [-0.15, -0.1) is 0 Å². The SMILES string of the molecule is COc1ccc(C(=CC(=O)NCc2ccccc2OC)c2ccc(OC)cc2)cc1. The molecule has 0 heterocycles. The molecule has 0 spiro atoms. The summed E-state index contributed by atoms with van der Waals surface area (Å²) in [7, 11) is 4.87. The zero-order valence-electron chi connectivity index (χ0n) is 17.3. The molecule has 0 saturated carbocycles. The Labute approximate surface area is 176 Å². The lowest BCUT2D eigenvalue weighted by Crippen LogP contribution is -2.21. The number of carbonyl (C=O) groups excluding carboxylic acids is 1. The number of methoxy groups -OCH3 is 3. The minimum absolute atomic E-state index is 0.192. The number of carbonyl (C=O) groups is 1. The Balaban J connectivity index is 1.87. The fraction of sp³-hybridized carbons (Fsp3) is 0.160. The number of hydrogen-bond donors (Lipinski definition) is 1. The van der Waals surface area contributed by atoms with Gasteiger partial charge >= 0.3 is 0 Å². The van der Waals surface area contributed by atoms with Crippen LogP contribution in [0.4, 0.5) is 0 Å². The van der Waals surface area contributed by atoms with Gasteiger partial charge in [0.05, 0.1) is 21.3 Å². The highest BCUT2D eigenvalue weighted by Crippen LogP contribution is 2.27. The van der Waals surface area contributed by atoms with Crippen molar-refractivity contribution in [3.63, 3.8) is 0 Å². The standard InChI is InChI=1S/C25H25NO4/c1-28-21-12-8-18(9-13-21)23(19-10-14-22(29-2)15-11-19)16-25(27)26-17-20-6-4-5-7-24(20)30-3/h4-16H,17H2,1-3H3,(H,26,27). The zero-order valence-corrected chi connectivity index (χ0v) is 17.3. The van der Waals surface area contributed by atoms with E-state index in [9.17, 15) is 4.79 Å². The molecule has 3 rings (SSSR count). The first kappa shape index (κ1) is 21.0. The summed E-state index contributed by atoms with van der Waals surface area (Å²) in [5.74, 6) is 2.07. The molecule has 30 heavy (non-hydrogen) atoms. The van der Waals surface area contributed by atoms with E-state index in [1.54, 1.807) is 27.4 Å². The second-order valence-corrected chi connectivity index (χ2v) is 6.54. The van der Waals surface area contributed by atoms with E-state index in [4.69, 9.17) is 14.2 Å². The van der Waals surface area contributed by atoms with Crippen LogP contribution in [0.2, 0.25) is 0 Å². The number of benzene rings is 3. The molecule has 0 fully saturated rings. The maximum atomic E-state index is 12.7. The molecule has 0 aliphatic heterocycles. The number of rotatable bonds is 8. The summed E-state index contributed by atoms with van der Waals surface area (Å²) < 4.78 is 15.8. The first-order valence-electron chi connectivity index (χ1n) is 9.55. The molecule has 1 N–H and O–H groups in total. The molecule has 3 aromatic rings. The van der Waals surface area contributed by atoms with Crippen molar-refractivity contribution in [1.29, 1.82) is 0 Å². The summed E-state index contributed by atoms with van der Waals surface area (Å²) in [5, 5.41) is 2.94. The summed E-state index contributed by atoms with van der Waals surface area (Å²) in [5.41, 5.74) is 3.54. The number of amides is 1. The van der Waals surface area contributed by atoms with Gasteiger partial charge in [-0.3, -0.25) is 4.79 Å². The van der Waals surface area contributed by atoms with Crippen molar-refractivity contribution in [2.45, 2.75) is 6.54 Å². The Bertz CT molecular complexity index is 959. The summed E-state index contributed by atoms with van der Waals surface area (Å²) in [6, 6.07) is 22.8. The maximum Gasteiger partial charge on any atom is 0.244 e. The Morgan fingerprint density at radius 3 is 1.80 bits per heavy atom. The number of ether oxygens (including phenoxy) is 3. The first-order valence-corrected chi connectivity index (χ1v) is 9.55. The first-order chi connectivity index (χ1) is 14.6. The molecule has 5 heteroatoms. The van der Waals surface area contributed by atoms with Gasteiger partial charge < -0.3 is 19.5 Å². The van der Waals surface area contributed by atoms with Crippen LogP contribution in [0.15, 0.2) is 78.9 Å². The van der Waals surface area contributed by atoms with Gasteiger partial charge in [0.15, 0.2) is 0 Å². The highest BCUT2D eigenvalue weighted by atomic mass is 16.5. The van der Waals surface area contributed by atoms with Crippen LogP contribution in [0, 0.1) is 0 Å². The molecular formula is C25H25NO4. The van der Waals surface area contributed by atoms with Gasteiger partial charge in [0, 0.05) is 18.2 Å². The van der Waals surface area contributed by atoms with Gasteiger partial charge in [0.2, 0.25) is 5.91 Å². The van der Waals surface area contributed by atoms with Gasteiger partial charge in [-0.1, -0.05) is 42.5 Å². The predicted molar refractivity (Wildman–Crippen MR) is 118 cm³/mol. The van der Waals surface area contributed by atoms with Crippen LogP contribution in [0.3, 0.4) is 0 Å². The second kappa shape index (κ2) is 10.2. The van der Waals surface area contributed by atoms with Crippen LogP contribution < -0.4 is 19.5 Å². The van der Waals surface area contributed by atoms with E-state index in [1.807, 2.05) is 72.8 Å². The lowest BCUT2D eigenvalue weighted by Gasteiger charge is -2.12. The quantitative estimate of drug-likeness (QED) is 0.564. The number of para-hydroxylation sites is 1. The van der Waals surface area contributed by atoms with Crippen molar-refractivity contribution in [3.05, 3.63) is 95.6 Å². The molecule has 0 unspecified atom stereocenters. The van der Waals surface area contributed by atoms with E-state index in [0.29, 0.717) is 6.54 Å². The third-order valence-corrected chi connectivity index (χ3v) is 4.72. The average Bonchev–Trinajstić information content (AvgIpc) is 2.81. The normalized spacial score (nSPS) is 10.1. The van der Waals surface area contributed by atoms with Gasteiger partial charge in [-0.2, -0.15) is 0 Å². The molecule has 1 amide bonds. The van der Waals surface area contributed by atoms with E-state index in [-0.39, 0.29) is 5.91 Å². The summed E-state index contributed by atoms with van der Waals surface area (Å²) in [4.78, 5) is 12.7. The third-order valence-electron chi connectivity index (χ3n) is 4.72. The Morgan fingerprint density at radius 2 is 1.30 bits per heavy atom. The third kappa shape index (κ3) is 5.20. The highest BCUT2D eigenvalue weighted by molar-refractivity contribution is 5.99. The molecule has 0 radical (unpaired) electrons. The highest BCUT2D eigenvalue weighted by Gasteiger charge is 2.10. The van der Waals surface area contributed by atoms with E-state index in [2.05, 4.69) is 5.32 Å². The molecular weight excluding hydrogens is 378 g/mol. The molecule has 0 atom stereocenters. The molecule has 0 aliphatic rings. The predicted octanol–water partition coefficient (Wildman–Crippen LogP) is 4.46. The number of nitrogens with one attached hydrogen (secondary N) is 1. The molecule has 0 aliphatic carbocycles. The summed E-state index contributed by atoms with van der Waals surface area (Å²) >= 11 is 0. The van der Waals surface area contributed by atoms with Crippen molar-refractivity contribution >= 4 is 11.5 Å². The van der Waals surface area contributed by atoms with Crippen LogP contribution >= 0.6 is 0 Å². The van der Waals surface area contributed by atoms with Crippen molar-refractivity contribution in [2.24, 2.45) is 0 Å². The molecule has 5 nitrogen and oxygen atoms in total. The van der Waals surface area contributed by atoms with Crippen LogP contribution in [0.5, 0.6) is 17.2 Å². The van der Waals surface area contributed by atoms with Crippen molar-refractivity contribution < 1.29 is 19.0 Å². The number of hydrogen-bond acceptors (Lipinski definition) is 4. The van der Waals surface area contributed by atoms with Crippen LogP contribution in [-0.2, 0) is 11.3 Å². The van der Waals surface area contributed by atoms with Crippen molar-refractivity contribution in [1.82, 2.24) is 5.32 Å². The van der Waals surface area contributed by atoms with E-state index in [1.165, 1.54) is 0 Å². The van der Waals surface area contributed by atoms with Gasteiger partial charge in [0.25, 0.3) is 0 Å². The maximum absolute atomic E-state index is 12.7. The summed E-state index contributed by atoms with van der Waals surface area (Å²) in [6.45, 7) is 0.373. The smallest absolute Gasteiger partial charge is 0.244 e. The van der Waals surface area contributed by atoms with Crippen molar-refractivity contribution in [2.75, 3.05) is 21.3 Å². The molecule has 0 saturated heterocycles. The van der Waals surface area contributed by atoms with E-state index < -0.39 is 0 Å². The second-order valence-electron chi connectivity index (χ2n) is 6.54. The Morgan fingerprint density at radius 1 is 0.767 bits per heavy atom. The van der Waals surface area contributed by atoms with Gasteiger partial charge in [0.1, 0.15) is 17.2 Å². The lowest BCUT2D eigenvalue weighted by atomic mass is 9.97. The average molecular weight is 403 g/mol. The summed E-state index contributed by atoms with van der Waals surface area (Å²) in [6.07, 6.45) is 1.61. The monoisotopic (exact) mass is 403 g/mol. The minimum Gasteiger partial charge on any atom is -0.497 e. The molecule has 0 bridgehead atoms. The zero-order chi connectivity index (χ0) is 21.3. The molecule has 3 aromatic carbocycles. The fourth-order valence-electron chi connectivity index (χ4n) is 3.09. The lowest BCUT2D eigenvalue weighted by molar-refractivity contribution is -0.116. The van der Waals surface area contributed by atoms with Crippen molar-refractivity contribution in [3.8, 4) is 17.2 Å². The topological polar surface area (TPSA) is 56.8 Å². The van der Waals surface area contributed by atoms with Crippen LogP contribution in [0.1, 0.15) is 16.7 Å². The van der Waals surface area contributed by atoms with Crippen LogP contribution in [0.25, 0.3) is 5.57 Å². The Hall–Kier alpha value is -3.73.